The predicted octanol–water partition coefficient (Wildman–Crippen LogP) is 4.95. The first-order valence-electron chi connectivity index (χ1n) is 7.46. The summed E-state index contributed by atoms with van der Waals surface area (Å²) in [6, 6.07) is 15.0. The van der Waals surface area contributed by atoms with Crippen molar-refractivity contribution in [3.63, 3.8) is 0 Å². The van der Waals surface area contributed by atoms with Gasteiger partial charge in [-0.1, -0.05) is 39.0 Å². The van der Waals surface area contributed by atoms with E-state index in [9.17, 15) is 4.79 Å². The van der Waals surface area contributed by atoms with Gasteiger partial charge in [0.1, 0.15) is 11.5 Å². The zero-order valence-electron chi connectivity index (χ0n) is 13.6. The normalized spacial score (nSPS) is 11.1. The minimum atomic E-state index is -0.337. The third-order valence-corrected chi connectivity index (χ3v) is 3.30. The number of ether oxygens (including phenoxy) is 2. The Hall–Kier alpha value is -2.29. The molecule has 0 spiro atoms. The fourth-order valence-electron chi connectivity index (χ4n) is 2.06. The van der Waals surface area contributed by atoms with Crippen LogP contribution in [-0.4, -0.2) is 12.6 Å². The average molecular weight is 298 g/mol. The Morgan fingerprint density at radius 2 is 1.68 bits per heavy atom. The number of benzene rings is 2. The Morgan fingerprint density at radius 1 is 1.00 bits per heavy atom. The molecule has 0 aliphatic heterocycles. The summed E-state index contributed by atoms with van der Waals surface area (Å²) in [5.41, 5.74) is 1.85. The van der Waals surface area contributed by atoms with Crippen molar-refractivity contribution in [1.29, 1.82) is 0 Å². The Kier molecular flexibility index (Phi) is 4.86. The monoisotopic (exact) mass is 298 g/mol. The van der Waals surface area contributed by atoms with Gasteiger partial charge in [-0.3, -0.25) is 0 Å². The lowest BCUT2D eigenvalue weighted by Crippen LogP contribution is -2.10. The molecule has 2 aromatic carbocycles. The van der Waals surface area contributed by atoms with Crippen molar-refractivity contribution < 1.29 is 14.3 Å². The Balaban J connectivity index is 2.14. The molecule has 2 aromatic rings. The SMILES string of the molecule is CCOC(=O)c1cccc(Oc2ccc(C(C)(C)C)cc2)c1. The van der Waals surface area contributed by atoms with Crippen molar-refractivity contribution in [2.24, 2.45) is 0 Å². The van der Waals surface area contributed by atoms with Gasteiger partial charge in [-0.15, -0.1) is 0 Å². The molecule has 116 valence electrons. The average Bonchev–Trinajstić information content (AvgIpc) is 2.47. The summed E-state index contributed by atoms with van der Waals surface area (Å²) in [7, 11) is 0. The minimum Gasteiger partial charge on any atom is -0.462 e. The van der Waals surface area contributed by atoms with E-state index < -0.39 is 0 Å². The number of carbonyl (C=O) groups excluding carboxylic acids is 1. The first-order chi connectivity index (χ1) is 10.4. The molecule has 0 saturated carbocycles. The van der Waals surface area contributed by atoms with Crippen LogP contribution in [0.4, 0.5) is 0 Å². The highest BCUT2D eigenvalue weighted by Crippen LogP contribution is 2.27. The summed E-state index contributed by atoms with van der Waals surface area (Å²) >= 11 is 0. The molecule has 0 amide bonds. The van der Waals surface area contributed by atoms with Crippen molar-refractivity contribution in [3.8, 4) is 11.5 Å². The van der Waals surface area contributed by atoms with E-state index in [4.69, 9.17) is 9.47 Å². The number of esters is 1. The van der Waals surface area contributed by atoms with Gasteiger partial charge in [0.25, 0.3) is 0 Å². The zero-order valence-corrected chi connectivity index (χ0v) is 13.6. The van der Waals surface area contributed by atoms with Gasteiger partial charge in [0.05, 0.1) is 12.2 Å². The second kappa shape index (κ2) is 6.65. The smallest absolute Gasteiger partial charge is 0.338 e. The molecule has 0 unspecified atom stereocenters. The van der Waals surface area contributed by atoms with E-state index >= 15 is 0 Å². The van der Waals surface area contributed by atoms with Crippen molar-refractivity contribution >= 4 is 5.97 Å². The maximum Gasteiger partial charge on any atom is 0.338 e. The van der Waals surface area contributed by atoms with Gasteiger partial charge in [-0.2, -0.15) is 0 Å². The molecule has 22 heavy (non-hydrogen) atoms. The van der Waals surface area contributed by atoms with E-state index in [-0.39, 0.29) is 11.4 Å². The van der Waals surface area contributed by atoms with Crippen LogP contribution < -0.4 is 4.74 Å². The van der Waals surface area contributed by atoms with E-state index in [1.165, 1.54) is 5.56 Å². The maximum absolute atomic E-state index is 11.7. The highest BCUT2D eigenvalue weighted by molar-refractivity contribution is 5.89. The van der Waals surface area contributed by atoms with Crippen LogP contribution in [0.2, 0.25) is 0 Å². The number of hydrogen-bond donors (Lipinski definition) is 0. The summed E-state index contributed by atoms with van der Waals surface area (Å²) in [6.45, 7) is 8.66. The molecule has 2 rings (SSSR count). The van der Waals surface area contributed by atoms with E-state index in [1.807, 2.05) is 18.2 Å². The Labute approximate surface area is 131 Å². The minimum absolute atomic E-state index is 0.113. The van der Waals surface area contributed by atoms with Gasteiger partial charge in [0.15, 0.2) is 0 Å². The van der Waals surface area contributed by atoms with Crippen LogP contribution in [-0.2, 0) is 10.2 Å². The van der Waals surface area contributed by atoms with Crippen LogP contribution in [0.3, 0.4) is 0 Å². The number of carbonyl (C=O) groups is 1. The lowest BCUT2D eigenvalue weighted by molar-refractivity contribution is 0.0526. The predicted molar refractivity (Wildman–Crippen MR) is 87.6 cm³/mol. The third kappa shape index (κ3) is 4.10. The molecule has 0 N–H and O–H groups in total. The first kappa shape index (κ1) is 16.1. The topological polar surface area (TPSA) is 35.5 Å². The first-order valence-corrected chi connectivity index (χ1v) is 7.46. The molecular weight excluding hydrogens is 276 g/mol. The lowest BCUT2D eigenvalue weighted by Gasteiger charge is -2.19. The molecule has 0 aliphatic carbocycles. The number of hydrogen-bond acceptors (Lipinski definition) is 3. The molecule has 0 saturated heterocycles. The quantitative estimate of drug-likeness (QED) is 0.749. The van der Waals surface area contributed by atoms with Crippen molar-refractivity contribution in [2.75, 3.05) is 6.61 Å². The van der Waals surface area contributed by atoms with Crippen molar-refractivity contribution in [3.05, 3.63) is 59.7 Å². The van der Waals surface area contributed by atoms with E-state index in [0.29, 0.717) is 17.9 Å². The van der Waals surface area contributed by atoms with Crippen LogP contribution in [0.25, 0.3) is 0 Å². The van der Waals surface area contributed by atoms with E-state index in [1.54, 1.807) is 25.1 Å². The molecule has 0 atom stereocenters. The van der Waals surface area contributed by atoms with Gasteiger partial charge in [0.2, 0.25) is 0 Å². The van der Waals surface area contributed by atoms with Gasteiger partial charge in [-0.05, 0) is 48.2 Å². The maximum atomic E-state index is 11.7. The molecule has 0 bridgehead atoms. The second-order valence-electron chi connectivity index (χ2n) is 6.12. The third-order valence-electron chi connectivity index (χ3n) is 3.30. The van der Waals surface area contributed by atoms with E-state index in [2.05, 4.69) is 32.9 Å². The standard InChI is InChI=1S/C19H22O3/c1-5-21-18(20)14-7-6-8-17(13-14)22-16-11-9-15(10-12-16)19(2,3)4/h6-13H,5H2,1-4H3. The molecule has 3 nitrogen and oxygen atoms in total. The highest BCUT2D eigenvalue weighted by atomic mass is 16.5. The molecule has 0 fully saturated rings. The summed E-state index contributed by atoms with van der Waals surface area (Å²) in [5, 5.41) is 0. The second-order valence-corrected chi connectivity index (χ2v) is 6.12. The molecule has 0 aliphatic rings. The number of rotatable bonds is 4. The van der Waals surface area contributed by atoms with Crippen LogP contribution >= 0.6 is 0 Å². The fourth-order valence-corrected chi connectivity index (χ4v) is 2.06. The molecule has 0 radical (unpaired) electrons. The van der Waals surface area contributed by atoms with Gasteiger partial charge < -0.3 is 9.47 Å². The summed E-state index contributed by atoms with van der Waals surface area (Å²) in [6.07, 6.45) is 0. The van der Waals surface area contributed by atoms with Crippen LogP contribution in [0.15, 0.2) is 48.5 Å². The highest BCUT2D eigenvalue weighted by Gasteiger charge is 2.13. The zero-order chi connectivity index (χ0) is 16.2. The summed E-state index contributed by atoms with van der Waals surface area (Å²) < 4.78 is 10.8. The van der Waals surface area contributed by atoms with Crippen LogP contribution in [0.1, 0.15) is 43.6 Å². The van der Waals surface area contributed by atoms with Crippen molar-refractivity contribution in [2.45, 2.75) is 33.1 Å². The Morgan fingerprint density at radius 3 is 2.27 bits per heavy atom. The summed E-state index contributed by atoms with van der Waals surface area (Å²) in [4.78, 5) is 11.7. The molecule has 3 heteroatoms. The van der Waals surface area contributed by atoms with Gasteiger partial charge >= 0.3 is 5.97 Å². The Bertz CT molecular complexity index is 636. The largest absolute Gasteiger partial charge is 0.462 e. The van der Waals surface area contributed by atoms with Crippen LogP contribution in [0, 0.1) is 0 Å². The molecular formula is C19H22O3. The molecule has 0 aromatic heterocycles. The van der Waals surface area contributed by atoms with Gasteiger partial charge in [-0.25, -0.2) is 4.79 Å². The van der Waals surface area contributed by atoms with Crippen LogP contribution in [0.5, 0.6) is 11.5 Å². The van der Waals surface area contributed by atoms with Crippen molar-refractivity contribution in [1.82, 2.24) is 0 Å². The van der Waals surface area contributed by atoms with E-state index in [0.717, 1.165) is 5.75 Å². The summed E-state index contributed by atoms with van der Waals surface area (Å²) in [5.74, 6) is 1.03. The lowest BCUT2D eigenvalue weighted by atomic mass is 9.87. The molecule has 0 heterocycles. The van der Waals surface area contributed by atoms with Gasteiger partial charge in [0, 0.05) is 0 Å². The fraction of sp³-hybridized carbons (Fsp3) is 0.316.